The van der Waals surface area contributed by atoms with Crippen LogP contribution in [0.1, 0.15) is 23.6 Å². The largest absolute Gasteiger partial charge is 0.355 e. The second kappa shape index (κ2) is 12.9. The Kier molecular flexibility index (Phi) is 9.86. The van der Waals surface area contributed by atoms with Gasteiger partial charge in [0, 0.05) is 31.6 Å². The van der Waals surface area contributed by atoms with Crippen LogP contribution >= 0.6 is 11.6 Å². The summed E-state index contributed by atoms with van der Waals surface area (Å²) < 4.78 is 27.3. The smallest absolute Gasteiger partial charge is 0.243 e. The van der Waals surface area contributed by atoms with Crippen molar-refractivity contribution in [2.24, 2.45) is 0 Å². The first-order chi connectivity index (χ1) is 17.6. The molecule has 0 aliphatic rings. The zero-order valence-electron chi connectivity index (χ0n) is 21.2. The van der Waals surface area contributed by atoms with Gasteiger partial charge in [0.2, 0.25) is 21.8 Å². The Hall–Kier alpha value is -3.20. The highest BCUT2D eigenvalue weighted by Crippen LogP contribution is 2.22. The minimum atomic E-state index is -3.92. The summed E-state index contributed by atoms with van der Waals surface area (Å²) in [4.78, 5) is 28.5. The number of likely N-dealkylation sites (N-methyl/N-ethyl adjacent to an activating group) is 2. The normalized spacial score (nSPS) is 12.2. The predicted octanol–water partition coefficient (Wildman–Crippen LogP) is 4.05. The molecule has 196 valence electrons. The van der Waals surface area contributed by atoms with Crippen LogP contribution in [0.5, 0.6) is 0 Å². The molecule has 0 heterocycles. The lowest BCUT2D eigenvalue weighted by atomic mass is 10.0. The summed E-state index contributed by atoms with van der Waals surface area (Å²) in [5.74, 6) is -0.832. The summed E-state index contributed by atoms with van der Waals surface area (Å²) >= 11 is 6.40. The lowest BCUT2D eigenvalue weighted by molar-refractivity contribution is -0.141. The molecule has 7 nitrogen and oxygen atoms in total. The summed E-state index contributed by atoms with van der Waals surface area (Å²) in [6.07, 6.45) is 0.261. The number of hydrogen-bond acceptors (Lipinski definition) is 4. The SMILES string of the molecule is CCNC(=O)[C@H](Cc1ccccc1)N(Cc1ccccc1Cl)C(=O)CN(C)S(=O)(=O)c1ccc(C)cc1. The fourth-order valence-electron chi connectivity index (χ4n) is 3.91. The van der Waals surface area contributed by atoms with Crippen LogP contribution in [0.15, 0.2) is 83.8 Å². The Labute approximate surface area is 224 Å². The molecule has 3 aromatic rings. The minimum absolute atomic E-state index is 0.0472. The first-order valence-corrected chi connectivity index (χ1v) is 13.8. The maximum absolute atomic E-state index is 13.7. The van der Waals surface area contributed by atoms with Crippen LogP contribution in [-0.4, -0.2) is 55.6 Å². The maximum Gasteiger partial charge on any atom is 0.243 e. The van der Waals surface area contributed by atoms with Crippen LogP contribution in [0.4, 0.5) is 0 Å². The molecule has 1 N–H and O–H groups in total. The van der Waals surface area contributed by atoms with Crippen LogP contribution in [0.25, 0.3) is 0 Å². The number of hydrogen-bond donors (Lipinski definition) is 1. The lowest BCUT2D eigenvalue weighted by Crippen LogP contribution is -2.53. The molecule has 0 aliphatic heterocycles. The number of aryl methyl sites for hydroxylation is 1. The molecule has 3 rings (SSSR count). The van der Waals surface area contributed by atoms with Gasteiger partial charge in [0.15, 0.2) is 0 Å². The van der Waals surface area contributed by atoms with E-state index in [0.717, 1.165) is 15.4 Å². The van der Waals surface area contributed by atoms with Crippen LogP contribution in [0.2, 0.25) is 5.02 Å². The van der Waals surface area contributed by atoms with Gasteiger partial charge >= 0.3 is 0 Å². The van der Waals surface area contributed by atoms with Gasteiger partial charge in [-0.2, -0.15) is 4.31 Å². The number of sulfonamides is 1. The quantitative estimate of drug-likeness (QED) is 0.397. The summed E-state index contributed by atoms with van der Waals surface area (Å²) in [7, 11) is -2.56. The third-order valence-electron chi connectivity index (χ3n) is 6.01. The number of benzene rings is 3. The highest BCUT2D eigenvalue weighted by Gasteiger charge is 2.33. The van der Waals surface area contributed by atoms with Gasteiger partial charge in [-0.15, -0.1) is 0 Å². The number of halogens is 1. The van der Waals surface area contributed by atoms with Crippen molar-refractivity contribution in [2.45, 2.75) is 37.8 Å². The molecule has 2 amide bonds. The maximum atomic E-state index is 13.7. The molecule has 0 aliphatic carbocycles. The van der Waals surface area contributed by atoms with E-state index in [1.54, 1.807) is 43.3 Å². The van der Waals surface area contributed by atoms with E-state index in [-0.39, 0.29) is 23.8 Å². The van der Waals surface area contributed by atoms with Gasteiger partial charge in [-0.05, 0) is 43.2 Å². The van der Waals surface area contributed by atoms with Gasteiger partial charge in [0.1, 0.15) is 6.04 Å². The summed E-state index contributed by atoms with van der Waals surface area (Å²) in [6.45, 7) is 3.67. The molecule has 3 aromatic carbocycles. The average Bonchev–Trinajstić information content (AvgIpc) is 2.88. The van der Waals surface area contributed by atoms with E-state index in [1.165, 1.54) is 24.1 Å². The Morgan fingerprint density at radius 3 is 2.19 bits per heavy atom. The molecule has 0 unspecified atom stereocenters. The van der Waals surface area contributed by atoms with E-state index >= 15 is 0 Å². The zero-order chi connectivity index (χ0) is 27.0. The second-order valence-corrected chi connectivity index (χ2v) is 11.2. The minimum Gasteiger partial charge on any atom is -0.355 e. The fraction of sp³-hybridized carbons (Fsp3) is 0.286. The van der Waals surface area contributed by atoms with Crippen molar-refractivity contribution in [3.05, 3.63) is 101 Å². The van der Waals surface area contributed by atoms with Gasteiger partial charge in [-0.3, -0.25) is 9.59 Å². The third-order valence-corrected chi connectivity index (χ3v) is 8.19. The van der Waals surface area contributed by atoms with Gasteiger partial charge in [0.25, 0.3) is 0 Å². The van der Waals surface area contributed by atoms with Crippen molar-refractivity contribution in [2.75, 3.05) is 20.1 Å². The van der Waals surface area contributed by atoms with Crippen LogP contribution in [-0.2, 0) is 32.6 Å². The Bertz CT molecular complexity index is 1310. The molecule has 0 fully saturated rings. The molecule has 0 spiro atoms. The zero-order valence-corrected chi connectivity index (χ0v) is 22.8. The van der Waals surface area contributed by atoms with Gasteiger partial charge in [-0.25, -0.2) is 8.42 Å². The molecular formula is C28H32ClN3O4S. The van der Waals surface area contributed by atoms with E-state index in [4.69, 9.17) is 11.6 Å². The first-order valence-electron chi connectivity index (χ1n) is 12.0. The molecule has 0 saturated carbocycles. The van der Waals surface area contributed by atoms with Crippen molar-refractivity contribution in [1.82, 2.24) is 14.5 Å². The summed E-state index contributed by atoms with van der Waals surface area (Å²) in [5, 5.41) is 3.27. The van der Waals surface area contributed by atoms with Gasteiger partial charge in [0.05, 0.1) is 11.4 Å². The Morgan fingerprint density at radius 2 is 1.57 bits per heavy atom. The van der Waals surface area contributed by atoms with E-state index in [0.29, 0.717) is 17.1 Å². The third kappa shape index (κ3) is 7.41. The summed E-state index contributed by atoms with van der Waals surface area (Å²) in [6, 6.07) is 22.0. The standard InChI is InChI=1S/C28H32ClN3O4S/c1-4-30-28(34)26(18-22-10-6-5-7-11-22)32(19-23-12-8-9-13-25(23)29)27(33)20-31(3)37(35,36)24-16-14-21(2)15-17-24/h5-17,26H,4,18-20H2,1-3H3,(H,30,34)/t26-/m0/s1. The van der Waals surface area contributed by atoms with Crippen LogP contribution in [0, 0.1) is 6.92 Å². The van der Waals surface area contributed by atoms with E-state index in [1.807, 2.05) is 37.3 Å². The number of amides is 2. The molecule has 0 bridgehead atoms. The second-order valence-electron chi connectivity index (χ2n) is 8.79. The molecular weight excluding hydrogens is 510 g/mol. The van der Waals surface area contributed by atoms with Crippen molar-refractivity contribution in [3.63, 3.8) is 0 Å². The first kappa shape index (κ1) is 28.4. The molecule has 9 heteroatoms. The topological polar surface area (TPSA) is 86.8 Å². The lowest BCUT2D eigenvalue weighted by Gasteiger charge is -2.32. The van der Waals surface area contributed by atoms with E-state index < -0.39 is 28.5 Å². The highest BCUT2D eigenvalue weighted by molar-refractivity contribution is 7.89. The van der Waals surface area contributed by atoms with Gasteiger partial charge < -0.3 is 10.2 Å². The Morgan fingerprint density at radius 1 is 0.946 bits per heavy atom. The number of carbonyl (C=O) groups is 2. The summed E-state index contributed by atoms with van der Waals surface area (Å²) in [5.41, 5.74) is 2.45. The van der Waals surface area contributed by atoms with Crippen molar-refractivity contribution >= 4 is 33.4 Å². The average molecular weight is 542 g/mol. The van der Waals surface area contributed by atoms with E-state index in [2.05, 4.69) is 5.32 Å². The number of nitrogens with one attached hydrogen (secondary N) is 1. The van der Waals surface area contributed by atoms with Crippen LogP contribution in [0.3, 0.4) is 0 Å². The predicted molar refractivity (Wildman–Crippen MR) is 146 cm³/mol. The number of rotatable bonds is 11. The van der Waals surface area contributed by atoms with Crippen molar-refractivity contribution < 1.29 is 18.0 Å². The molecule has 37 heavy (non-hydrogen) atoms. The monoisotopic (exact) mass is 541 g/mol. The van der Waals surface area contributed by atoms with Crippen molar-refractivity contribution in [1.29, 1.82) is 0 Å². The molecule has 0 aromatic heterocycles. The number of nitrogens with zero attached hydrogens (tertiary/aromatic N) is 2. The van der Waals surface area contributed by atoms with Gasteiger partial charge in [-0.1, -0.05) is 77.8 Å². The van der Waals surface area contributed by atoms with E-state index in [9.17, 15) is 18.0 Å². The molecule has 0 radical (unpaired) electrons. The molecule has 1 atom stereocenters. The van der Waals surface area contributed by atoms with Crippen LogP contribution < -0.4 is 5.32 Å². The highest BCUT2D eigenvalue weighted by atomic mass is 35.5. The number of carbonyl (C=O) groups excluding carboxylic acids is 2. The Balaban J connectivity index is 1.96. The van der Waals surface area contributed by atoms with Crippen molar-refractivity contribution in [3.8, 4) is 0 Å². The molecule has 0 saturated heterocycles. The fourth-order valence-corrected chi connectivity index (χ4v) is 5.23.